The second-order valence-corrected chi connectivity index (χ2v) is 8.40. The summed E-state index contributed by atoms with van der Waals surface area (Å²) in [6, 6.07) is 5.80. The van der Waals surface area contributed by atoms with E-state index in [2.05, 4.69) is 26.3 Å². The van der Waals surface area contributed by atoms with Crippen LogP contribution in [0.4, 0.5) is 5.82 Å². The smallest absolute Gasteiger partial charge is 0.231 e. The number of hydrogen-bond donors (Lipinski definition) is 1. The molecule has 3 aromatic rings. The first-order chi connectivity index (χ1) is 16.0. The second-order valence-electron chi connectivity index (χ2n) is 8.40. The highest BCUT2D eigenvalue weighted by Crippen LogP contribution is 2.28. The number of pyridine rings is 2. The molecule has 33 heavy (non-hydrogen) atoms. The van der Waals surface area contributed by atoms with Gasteiger partial charge in [0.05, 0.1) is 25.4 Å². The number of aromatic nitrogens is 4. The standard InChI is InChI=1S/C25H30N6O2/c1-16-14-28-22(33-4)13-20(16)17(2)25(32)31-11-6-5-8-19-12-21(24-26-9-7-10-27-24)18(3)30-23(19)29-15-31/h7,9-10,12-14,17H,5-6,8,11,15H2,1-4H3,(H,29,30)/t17-/m0/s1. The Morgan fingerprint density at radius 1 is 1.15 bits per heavy atom. The van der Waals surface area contributed by atoms with Gasteiger partial charge in [-0.3, -0.25) is 4.79 Å². The Labute approximate surface area is 194 Å². The molecule has 1 N–H and O–H groups in total. The van der Waals surface area contributed by atoms with Crippen LogP contribution in [0.3, 0.4) is 0 Å². The molecular formula is C25H30N6O2. The van der Waals surface area contributed by atoms with E-state index in [0.29, 0.717) is 24.9 Å². The van der Waals surface area contributed by atoms with Crippen LogP contribution in [0, 0.1) is 13.8 Å². The van der Waals surface area contributed by atoms with Crippen molar-refractivity contribution >= 4 is 11.7 Å². The van der Waals surface area contributed by atoms with Crippen LogP contribution < -0.4 is 10.1 Å². The van der Waals surface area contributed by atoms with E-state index < -0.39 is 0 Å². The van der Waals surface area contributed by atoms with Crippen LogP contribution in [0.15, 0.2) is 36.8 Å². The Hall–Kier alpha value is -3.55. The number of hydrogen-bond acceptors (Lipinski definition) is 7. The van der Waals surface area contributed by atoms with E-state index in [-0.39, 0.29) is 11.8 Å². The molecule has 4 heterocycles. The Morgan fingerprint density at radius 3 is 2.70 bits per heavy atom. The predicted octanol–water partition coefficient (Wildman–Crippen LogP) is 3.90. The lowest BCUT2D eigenvalue weighted by Crippen LogP contribution is -2.39. The van der Waals surface area contributed by atoms with Crippen LogP contribution in [0.1, 0.15) is 48.1 Å². The first kappa shape index (κ1) is 22.6. The minimum Gasteiger partial charge on any atom is -0.481 e. The average Bonchev–Trinajstić information content (AvgIpc) is 2.94. The number of carbonyl (C=O) groups is 1. The first-order valence-corrected chi connectivity index (χ1v) is 11.3. The molecule has 0 saturated heterocycles. The number of amides is 1. The zero-order valence-corrected chi connectivity index (χ0v) is 19.6. The molecule has 1 amide bonds. The molecule has 1 aliphatic heterocycles. The summed E-state index contributed by atoms with van der Waals surface area (Å²) >= 11 is 0. The lowest BCUT2D eigenvalue weighted by Gasteiger charge is -2.27. The molecule has 3 aromatic heterocycles. The van der Waals surface area contributed by atoms with Crippen LogP contribution in [0.2, 0.25) is 0 Å². The van der Waals surface area contributed by atoms with Gasteiger partial charge in [-0.05, 0) is 68.9 Å². The number of aryl methyl sites for hydroxylation is 3. The van der Waals surface area contributed by atoms with E-state index in [1.165, 1.54) is 0 Å². The number of anilines is 1. The van der Waals surface area contributed by atoms with Gasteiger partial charge in [-0.25, -0.2) is 19.9 Å². The maximum atomic E-state index is 13.4. The Kier molecular flexibility index (Phi) is 6.82. The zero-order chi connectivity index (χ0) is 23.4. The maximum absolute atomic E-state index is 13.4. The van der Waals surface area contributed by atoms with Crippen molar-refractivity contribution in [3.8, 4) is 17.3 Å². The molecule has 172 valence electrons. The molecule has 8 nitrogen and oxygen atoms in total. The Balaban J connectivity index is 1.56. The lowest BCUT2D eigenvalue weighted by molar-refractivity contribution is -0.132. The summed E-state index contributed by atoms with van der Waals surface area (Å²) in [5.74, 6) is 1.80. The molecule has 8 heteroatoms. The van der Waals surface area contributed by atoms with E-state index in [1.807, 2.05) is 37.8 Å². The van der Waals surface area contributed by atoms with Gasteiger partial charge in [0.15, 0.2) is 5.82 Å². The number of ether oxygens (including phenoxy) is 1. The topological polar surface area (TPSA) is 93.1 Å². The van der Waals surface area contributed by atoms with Crippen molar-refractivity contribution in [3.63, 3.8) is 0 Å². The lowest BCUT2D eigenvalue weighted by atomic mass is 9.96. The molecule has 0 spiro atoms. The predicted molar refractivity (Wildman–Crippen MR) is 127 cm³/mol. The van der Waals surface area contributed by atoms with E-state index in [9.17, 15) is 4.79 Å². The molecule has 0 radical (unpaired) electrons. The van der Waals surface area contributed by atoms with Crippen molar-refractivity contribution in [2.75, 3.05) is 25.6 Å². The molecule has 0 saturated carbocycles. The highest BCUT2D eigenvalue weighted by atomic mass is 16.5. The molecule has 0 unspecified atom stereocenters. The third kappa shape index (κ3) is 4.94. The van der Waals surface area contributed by atoms with Crippen LogP contribution in [0.5, 0.6) is 5.88 Å². The number of fused-ring (bicyclic) bond motifs is 1. The fraction of sp³-hybridized carbons (Fsp3) is 0.400. The highest BCUT2D eigenvalue weighted by molar-refractivity contribution is 5.84. The third-order valence-corrected chi connectivity index (χ3v) is 6.14. The molecule has 0 bridgehead atoms. The third-order valence-electron chi connectivity index (χ3n) is 6.14. The minimum atomic E-state index is -0.295. The molecule has 1 aliphatic rings. The number of methoxy groups -OCH3 is 1. The highest BCUT2D eigenvalue weighted by Gasteiger charge is 2.25. The Bertz CT molecular complexity index is 1140. The normalized spacial score (nSPS) is 14.8. The molecule has 4 rings (SSSR count). The summed E-state index contributed by atoms with van der Waals surface area (Å²) in [6.45, 7) is 6.98. The monoisotopic (exact) mass is 446 g/mol. The van der Waals surface area contributed by atoms with Gasteiger partial charge >= 0.3 is 0 Å². The van der Waals surface area contributed by atoms with Crippen molar-refractivity contribution in [3.05, 3.63) is 59.2 Å². The van der Waals surface area contributed by atoms with Crippen molar-refractivity contribution in [2.24, 2.45) is 0 Å². The first-order valence-electron chi connectivity index (χ1n) is 11.3. The van der Waals surface area contributed by atoms with Gasteiger partial charge in [0.2, 0.25) is 11.8 Å². The van der Waals surface area contributed by atoms with Crippen LogP contribution in [-0.2, 0) is 11.2 Å². The van der Waals surface area contributed by atoms with E-state index in [1.54, 1.807) is 25.7 Å². The van der Waals surface area contributed by atoms with Gasteiger partial charge in [0, 0.05) is 36.8 Å². The summed E-state index contributed by atoms with van der Waals surface area (Å²) < 4.78 is 5.26. The molecular weight excluding hydrogens is 416 g/mol. The van der Waals surface area contributed by atoms with E-state index >= 15 is 0 Å². The fourth-order valence-electron chi connectivity index (χ4n) is 4.21. The summed E-state index contributed by atoms with van der Waals surface area (Å²) in [5.41, 5.74) is 4.84. The average molecular weight is 447 g/mol. The summed E-state index contributed by atoms with van der Waals surface area (Å²) in [4.78, 5) is 33.1. The summed E-state index contributed by atoms with van der Waals surface area (Å²) in [6.07, 6.45) is 8.01. The second kappa shape index (κ2) is 9.94. The molecule has 0 aliphatic carbocycles. The van der Waals surface area contributed by atoms with E-state index in [4.69, 9.17) is 9.72 Å². The van der Waals surface area contributed by atoms with Crippen molar-refractivity contribution < 1.29 is 9.53 Å². The van der Waals surface area contributed by atoms with Gasteiger partial charge in [-0.15, -0.1) is 0 Å². The zero-order valence-electron chi connectivity index (χ0n) is 19.6. The largest absolute Gasteiger partial charge is 0.481 e. The van der Waals surface area contributed by atoms with Crippen LogP contribution in [-0.4, -0.2) is 51.1 Å². The van der Waals surface area contributed by atoms with Gasteiger partial charge < -0.3 is 15.0 Å². The molecule has 0 aromatic carbocycles. The van der Waals surface area contributed by atoms with Gasteiger partial charge in [-0.1, -0.05) is 0 Å². The number of nitrogens with one attached hydrogen (secondary N) is 1. The summed E-state index contributed by atoms with van der Waals surface area (Å²) in [5, 5.41) is 3.42. The van der Waals surface area contributed by atoms with Gasteiger partial charge in [0.25, 0.3) is 0 Å². The number of rotatable bonds is 4. The summed E-state index contributed by atoms with van der Waals surface area (Å²) in [7, 11) is 1.58. The van der Waals surface area contributed by atoms with Gasteiger partial charge in [0.1, 0.15) is 5.82 Å². The molecule has 1 atom stereocenters. The number of nitrogens with zero attached hydrogens (tertiary/aromatic N) is 5. The van der Waals surface area contributed by atoms with E-state index in [0.717, 1.165) is 53.0 Å². The van der Waals surface area contributed by atoms with Crippen molar-refractivity contribution in [2.45, 2.75) is 46.0 Å². The van der Waals surface area contributed by atoms with Crippen LogP contribution >= 0.6 is 0 Å². The maximum Gasteiger partial charge on any atom is 0.231 e. The SMILES string of the molecule is COc1cc([C@H](C)C(=O)N2CCCCc3cc(-c4ncccn4)c(C)nc3NC2)c(C)cn1. The fourth-order valence-corrected chi connectivity index (χ4v) is 4.21. The van der Waals surface area contributed by atoms with Crippen molar-refractivity contribution in [1.29, 1.82) is 0 Å². The quantitative estimate of drug-likeness (QED) is 0.650. The van der Waals surface area contributed by atoms with Crippen LogP contribution in [0.25, 0.3) is 11.4 Å². The number of carbonyl (C=O) groups excluding carboxylic acids is 1. The van der Waals surface area contributed by atoms with Crippen molar-refractivity contribution in [1.82, 2.24) is 24.8 Å². The molecule has 0 fully saturated rings. The Morgan fingerprint density at radius 2 is 1.94 bits per heavy atom. The van der Waals surface area contributed by atoms with Gasteiger partial charge in [-0.2, -0.15) is 0 Å². The minimum absolute atomic E-state index is 0.0772.